The van der Waals surface area contributed by atoms with Crippen LogP contribution in [0.1, 0.15) is 231 Å². The van der Waals surface area contributed by atoms with E-state index in [1.54, 1.807) is 6.07 Å². The first kappa shape index (κ1) is 40.0. The van der Waals surface area contributed by atoms with Crippen molar-refractivity contribution in [3.05, 3.63) is 29.8 Å². The van der Waals surface area contributed by atoms with E-state index in [1.807, 2.05) is 12.1 Å². The van der Waals surface area contributed by atoms with Crippen LogP contribution in [0.25, 0.3) is 0 Å². The molecule has 43 heavy (non-hydrogen) atoms. The van der Waals surface area contributed by atoms with E-state index in [4.69, 9.17) is 0 Å². The third-order valence-electron chi connectivity index (χ3n) is 9.79. The Bertz CT molecular complexity index is 652. The molecule has 1 heteroatoms. The molecular formula is C42H78O. The Hall–Kier alpha value is -0.980. The highest BCUT2D eigenvalue weighted by Crippen LogP contribution is 2.20. The zero-order valence-corrected chi connectivity index (χ0v) is 29.5. The molecule has 0 saturated carbocycles. The van der Waals surface area contributed by atoms with Crippen LogP contribution >= 0.6 is 0 Å². The van der Waals surface area contributed by atoms with Gasteiger partial charge in [-0.05, 0) is 24.5 Å². The van der Waals surface area contributed by atoms with E-state index in [9.17, 15) is 5.11 Å². The smallest absolute Gasteiger partial charge is 0.118 e. The van der Waals surface area contributed by atoms with Crippen molar-refractivity contribution in [1.29, 1.82) is 0 Å². The van der Waals surface area contributed by atoms with E-state index in [0.29, 0.717) is 5.75 Å². The molecule has 0 saturated heterocycles. The van der Waals surface area contributed by atoms with Crippen molar-refractivity contribution in [2.45, 2.75) is 232 Å². The Morgan fingerprint density at radius 1 is 0.326 bits per heavy atom. The molecule has 1 rings (SSSR count). The Labute approximate surface area is 271 Å². The molecule has 0 aliphatic heterocycles. The van der Waals surface area contributed by atoms with Gasteiger partial charge in [0.2, 0.25) is 0 Å². The summed E-state index contributed by atoms with van der Waals surface area (Å²) in [6.45, 7) is 2.31. The molecule has 0 radical (unpaired) electrons. The third kappa shape index (κ3) is 29.5. The van der Waals surface area contributed by atoms with E-state index in [2.05, 4.69) is 13.0 Å². The zero-order valence-electron chi connectivity index (χ0n) is 29.5. The van der Waals surface area contributed by atoms with E-state index < -0.39 is 0 Å². The van der Waals surface area contributed by atoms with Crippen molar-refractivity contribution in [3.8, 4) is 5.75 Å². The molecule has 1 aromatic carbocycles. The highest BCUT2D eigenvalue weighted by atomic mass is 16.3. The van der Waals surface area contributed by atoms with Gasteiger partial charge in [0.05, 0.1) is 0 Å². The second kappa shape index (κ2) is 33.9. The number of hydrogen-bond acceptors (Lipinski definition) is 1. The van der Waals surface area contributed by atoms with Crippen LogP contribution in [-0.4, -0.2) is 5.11 Å². The van der Waals surface area contributed by atoms with Crippen LogP contribution in [0, 0.1) is 0 Å². The number of phenols is 1. The number of phenolic OH excluding ortho intramolecular Hbond substituents is 1. The molecule has 0 unspecified atom stereocenters. The molecule has 0 heterocycles. The average molecular weight is 599 g/mol. The summed E-state index contributed by atoms with van der Waals surface area (Å²) in [6.07, 6.45) is 50.3. The number of para-hydroxylation sites is 1. The molecule has 0 aliphatic rings. The van der Waals surface area contributed by atoms with Gasteiger partial charge < -0.3 is 5.11 Å². The van der Waals surface area contributed by atoms with Gasteiger partial charge in [-0.1, -0.05) is 237 Å². The second-order valence-electron chi connectivity index (χ2n) is 14.0. The number of rotatable bonds is 35. The fourth-order valence-electron chi connectivity index (χ4n) is 6.77. The monoisotopic (exact) mass is 599 g/mol. The highest BCUT2D eigenvalue weighted by Gasteiger charge is 2.00. The summed E-state index contributed by atoms with van der Waals surface area (Å²) < 4.78 is 0. The number of hydrogen-bond donors (Lipinski definition) is 1. The van der Waals surface area contributed by atoms with Gasteiger partial charge in [-0.2, -0.15) is 0 Å². The number of unbranched alkanes of at least 4 members (excludes halogenated alkanes) is 33. The van der Waals surface area contributed by atoms with Crippen molar-refractivity contribution in [3.63, 3.8) is 0 Å². The molecule has 0 bridgehead atoms. The molecule has 1 nitrogen and oxygen atoms in total. The minimum absolute atomic E-state index is 0.466. The molecular weight excluding hydrogens is 520 g/mol. The first-order chi connectivity index (χ1) is 21.3. The third-order valence-corrected chi connectivity index (χ3v) is 9.79. The van der Waals surface area contributed by atoms with Gasteiger partial charge in [0.25, 0.3) is 0 Å². The summed E-state index contributed by atoms with van der Waals surface area (Å²) >= 11 is 0. The maximum Gasteiger partial charge on any atom is 0.118 e. The van der Waals surface area contributed by atoms with Crippen molar-refractivity contribution in [2.24, 2.45) is 0 Å². The van der Waals surface area contributed by atoms with Gasteiger partial charge in [-0.15, -0.1) is 0 Å². The fourth-order valence-corrected chi connectivity index (χ4v) is 6.77. The molecule has 0 atom stereocenters. The molecule has 0 aliphatic carbocycles. The van der Waals surface area contributed by atoms with Crippen LogP contribution in [0.15, 0.2) is 24.3 Å². The first-order valence-corrected chi connectivity index (χ1v) is 20.1. The molecule has 0 aromatic heterocycles. The van der Waals surface area contributed by atoms with Crippen LogP contribution in [0.4, 0.5) is 0 Å². The number of benzene rings is 1. The van der Waals surface area contributed by atoms with E-state index >= 15 is 0 Å². The number of aromatic hydroxyl groups is 1. The van der Waals surface area contributed by atoms with Gasteiger partial charge in [-0.3, -0.25) is 0 Å². The standard InChI is InChI=1S/C42H78O/c1-2-3-4-5-6-7-8-9-10-11-12-13-14-15-16-17-18-19-20-21-22-23-24-25-26-27-28-29-30-31-32-33-34-35-38-41-39-36-37-40-42(41)43/h36-37,39-40,43H,2-35,38H2,1H3. The molecule has 252 valence electrons. The minimum atomic E-state index is 0.466. The van der Waals surface area contributed by atoms with Gasteiger partial charge >= 0.3 is 0 Å². The van der Waals surface area contributed by atoms with Crippen LogP contribution in [0.2, 0.25) is 0 Å². The lowest BCUT2D eigenvalue weighted by atomic mass is 10.0. The molecule has 0 spiro atoms. The highest BCUT2D eigenvalue weighted by molar-refractivity contribution is 5.31. The Morgan fingerprint density at radius 2 is 0.558 bits per heavy atom. The lowest BCUT2D eigenvalue weighted by molar-refractivity contribution is 0.465. The van der Waals surface area contributed by atoms with Crippen molar-refractivity contribution in [1.82, 2.24) is 0 Å². The predicted molar refractivity (Wildman–Crippen MR) is 194 cm³/mol. The Balaban J connectivity index is 1.63. The Kier molecular flexibility index (Phi) is 31.6. The molecule has 1 aromatic rings. The van der Waals surface area contributed by atoms with E-state index in [-0.39, 0.29) is 0 Å². The summed E-state index contributed by atoms with van der Waals surface area (Å²) in [5.41, 5.74) is 1.11. The van der Waals surface area contributed by atoms with Gasteiger partial charge in [0.1, 0.15) is 5.75 Å². The lowest BCUT2D eigenvalue weighted by Gasteiger charge is -2.05. The van der Waals surface area contributed by atoms with Crippen molar-refractivity contribution in [2.75, 3.05) is 0 Å². The van der Waals surface area contributed by atoms with E-state index in [0.717, 1.165) is 12.0 Å². The van der Waals surface area contributed by atoms with Gasteiger partial charge in [-0.25, -0.2) is 0 Å². The van der Waals surface area contributed by atoms with E-state index in [1.165, 1.54) is 218 Å². The summed E-state index contributed by atoms with van der Waals surface area (Å²) in [6, 6.07) is 7.79. The lowest BCUT2D eigenvalue weighted by Crippen LogP contribution is -1.87. The second-order valence-corrected chi connectivity index (χ2v) is 14.0. The van der Waals surface area contributed by atoms with Crippen LogP contribution in [0.5, 0.6) is 5.75 Å². The summed E-state index contributed by atoms with van der Waals surface area (Å²) in [4.78, 5) is 0. The minimum Gasteiger partial charge on any atom is -0.508 e. The number of aryl methyl sites for hydroxylation is 1. The maximum atomic E-state index is 9.83. The van der Waals surface area contributed by atoms with Gasteiger partial charge in [0.15, 0.2) is 0 Å². The average Bonchev–Trinajstić information content (AvgIpc) is 3.02. The summed E-state index contributed by atoms with van der Waals surface area (Å²) in [7, 11) is 0. The van der Waals surface area contributed by atoms with Crippen molar-refractivity contribution >= 4 is 0 Å². The Morgan fingerprint density at radius 3 is 0.814 bits per heavy atom. The molecule has 1 N–H and O–H groups in total. The largest absolute Gasteiger partial charge is 0.508 e. The van der Waals surface area contributed by atoms with Gasteiger partial charge in [0, 0.05) is 0 Å². The van der Waals surface area contributed by atoms with Crippen LogP contribution in [-0.2, 0) is 6.42 Å². The normalized spacial score (nSPS) is 11.5. The fraction of sp³-hybridized carbons (Fsp3) is 0.857. The zero-order chi connectivity index (χ0) is 30.7. The van der Waals surface area contributed by atoms with Crippen LogP contribution < -0.4 is 0 Å². The summed E-state index contributed by atoms with van der Waals surface area (Å²) in [5.74, 6) is 0.466. The van der Waals surface area contributed by atoms with Crippen LogP contribution in [0.3, 0.4) is 0 Å². The molecule has 0 amide bonds. The topological polar surface area (TPSA) is 20.2 Å². The first-order valence-electron chi connectivity index (χ1n) is 20.1. The SMILES string of the molecule is CCCCCCCCCCCCCCCCCCCCCCCCCCCCCCCCCCCCc1ccccc1O. The quantitative estimate of drug-likeness (QED) is 0.0770. The predicted octanol–water partition coefficient (Wildman–Crippen LogP) is 15.2. The molecule has 0 fully saturated rings. The maximum absolute atomic E-state index is 9.83. The summed E-state index contributed by atoms with van der Waals surface area (Å²) in [5, 5.41) is 9.83. The van der Waals surface area contributed by atoms with Crippen molar-refractivity contribution < 1.29 is 5.11 Å².